The average Bonchev–Trinajstić information content (AvgIpc) is 3.16. The number of allylic oxidation sites excluding steroid dienone is 2. The first-order valence-electron chi connectivity index (χ1n) is 13.1. The van der Waals surface area contributed by atoms with Crippen LogP contribution in [-0.4, -0.2) is 36.5 Å². The lowest BCUT2D eigenvalue weighted by Crippen LogP contribution is -2.59. The fraction of sp³-hybridized carbons (Fsp3) is 0.621. The molecule has 0 spiro atoms. The molecule has 6 nitrogen and oxygen atoms in total. The Labute approximate surface area is 207 Å². The summed E-state index contributed by atoms with van der Waals surface area (Å²) in [6.45, 7) is 6.38. The summed E-state index contributed by atoms with van der Waals surface area (Å²) < 4.78 is 11.6. The zero-order chi connectivity index (χ0) is 24.8. The highest BCUT2D eigenvalue weighted by Crippen LogP contribution is 2.67. The minimum Gasteiger partial charge on any atom is -0.464 e. The molecule has 0 radical (unpaired) electrons. The number of ether oxygens (including phenoxy) is 2. The second kappa shape index (κ2) is 8.88. The molecule has 3 aliphatic carbocycles. The molecule has 0 aromatic heterocycles. The third kappa shape index (κ3) is 3.67. The Balaban J connectivity index is 1.50. The van der Waals surface area contributed by atoms with Crippen molar-refractivity contribution >= 4 is 17.7 Å². The van der Waals surface area contributed by atoms with Crippen LogP contribution in [0, 0.1) is 28.6 Å². The van der Waals surface area contributed by atoms with E-state index in [0.29, 0.717) is 36.2 Å². The number of benzene rings is 1. The quantitative estimate of drug-likeness (QED) is 0.467. The molecule has 6 atom stereocenters. The van der Waals surface area contributed by atoms with Crippen LogP contribution in [0.15, 0.2) is 42.1 Å². The zero-order valence-electron chi connectivity index (χ0n) is 21.1. The van der Waals surface area contributed by atoms with E-state index < -0.39 is 11.6 Å². The van der Waals surface area contributed by atoms with E-state index >= 15 is 0 Å². The number of hydrogen-bond acceptors (Lipinski definition) is 5. The fourth-order valence-corrected chi connectivity index (χ4v) is 8.08. The number of amides is 1. The number of fused-ring (bicyclic) bond motifs is 5. The van der Waals surface area contributed by atoms with Crippen LogP contribution in [0.3, 0.4) is 0 Å². The minimum atomic E-state index is -1.05. The van der Waals surface area contributed by atoms with Gasteiger partial charge in [0.05, 0.1) is 6.61 Å². The lowest BCUT2D eigenvalue weighted by molar-refractivity contribution is -0.166. The number of piperidine rings is 1. The highest BCUT2D eigenvalue weighted by molar-refractivity contribution is 6.03. The predicted octanol–water partition coefficient (Wildman–Crippen LogP) is 4.83. The molecule has 1 aliphatic heterocycles. The molecule has 5 rings (SSSR count). The molecule has 188 valence electrons. The van der Waals surface area contributed by atoms with Crippen LogP contribution in [0.1, 0.15) is 76.1 Å². The largest absolute Gasteiger partial charge is 0.464 e. The number of esters is 1. The van der Waals surface area contributed by atoms with Crippen LogP contribution >= 0.6 is 0 Å². The van der Waals surface area contributed by atoms with E-state index in [9.17, 15) is 14.4 Å². The van der Waals surface area contributed by atoms with E-state index in [1.54, 1.807) is 6.92 Å². The molecule has 2 saturated carbocycles. The Kier molecular flexibility index (Phi) is 6.15. The smallest absolute Gasteiger partial charge is 0.332 e. The van der Waals surface area contributed by atoms with E-state index in [-0.39, 0.29) is 35.7 Å². The molecule has 1 aromatic rings. The van der Waals surface area contributed by atoms with Crippen LogP contribution in [-0.2, 0) is 19.1 Å². The first kappa shape index (κ1) is 24.2. The highest BCUT2D eigenvalue weighted by atomic mass is 16.6. The Morgan fingerprint density at radius 2 is 1.80 bits per heavy atom. The lowest BCUT2D eigenvalue weighted by atomic mass is 9.48. The van der Waals surface area contributed by atoms with Gasteiger partial charge < -0.3 is 14.8 Å². The van der Waals surface area contributed by atoms with Gasteiger partial charge in [0.25, 0.3) is 0 Å². The van der Waals surface area contributed by atoms with E-state index in [1.165, 1.54) is 0 Å². The van der Waals surface area contributed by atoms with Crippen LogP contribution in [0.4, 0.5) is 0 Å². The number of carbonyl (C=O) groups excluding carboxylic acids is 3. The number of hydrogen-bond donors (Lipinski definition) is 1. The molecule has 1 aromatic carbocycles. The summed E-state index contributed by atoms with van der Waals surface area (Å²) in [6, 6.07) is 9.36. The molecule has 0 bridgehead atoms. The molecule has 3 fully saturated rings. The number of Topliss-reactive ketones (excluding diaryl/α,β-unsaturated/α-hetero) is 1. The summed E-state index contributed by atoms with van der Waals surface area (Å²) in [4.78, 5) is 38.5. The Morgan fingerprint density at radius 1 is 1.06 bits per heavy atom. The van der Waals surface area contributed by atoms with Crippen molar-refractivity contribution in [3.63, 3.8) is 0 Å². The molecule has 1 saturated heterocycles. The maximum Gasteiger partial charge on any atom is 0.332 e. The van der Waals surface area contributed by atoms with Gasteiger partial charge in [0, 0.05) is 28.5 Å². The molecule has 1 N–H and O–H groups in total. The molecule has 6 heteroatoms. The second-order valence-electron chi connectivity index (χ2n) is 11.3. The Morgan fingerprint density at radius 3 is 2.54 bits per heavy atom. The van der Waals surface area contributed by atoms with E-state index in [4.69, 9.17) is 9.47 Å². The van der Waals surface area contributed by atoms with Crippen LogP contribution in [0.5, 0.6) is 0 Å². The third-order valence-electron chi connectivity index (χ3n) is 9.87. The van der Waals surface area contributed by atoms with Gasteiger partial charge in [-0.15, -0.1) is 0 Å². The van der Waals surface area contributed by atoms with E-state index in [1.807, 2.05) is 30.3 Å². The molecular weight excluding hydrogens is 442 g/mol. The van der Waals surface area contributed by atoms with Crippen molar-refractivity contribution in [3.05, 3.63) is 47.7 Å². The van der Waals surface area contributed by atoms with Gasteiger partial charge in [0.2, 0.25) is 5.91 Å². The number of rotatable bonds is 6. The van der Waals surface area contributed by atoms with Crippen molar-refractivity contribution in [1.82, 2.24) is 5.32 Å². The van der Waals surface area contributed by atoms with Gasteiger partial charge in [-0.25, -0.2) is 4.79 Å². The Bertz CT molecular complexity index is 1050. The van der Waals surface area contributed by atoms with Gasteiger partial charge in [0.15, 0.2) is 5.78 Å². The van der Waals surface area contributed by atoms with Crippen molar-refractivity contribution in [2.24, 2.45) is 28.6 Å². The maximum atomic E-state index is 14.2. The van der Waals surface area contributed by atoms with Crippen LogP contribution in [0.25, 0.3) is 0 Å². The Hall–Kier alpha value is -2.47. The maximum absolute atomic E-state index is 14.2. The van der Waals surface area contributed by atoms with Gasteiger partial charge >= 0.3 is 5.97 Å². The number of ketones is 1. The number of carbonyl (C=O) groups is 3. The standard InChI is InChI=1S/C29H37NO5/c1-4-34-25(32)18-35-29(26(33)19-8-6-5-7-9-19)17-13-22-20-10-11-23-27(2,15-14-24(31)30-23)21(20)12-16-28(22,29)3/h5-9,11,20-22H,4,10,12-18H2,1-3H3,(H,30,31)/t20-,21-,22+,27-,28+,29?/m1/s1. The summed E-state index contributed by atoms with van der Waals surface area (Å²) in [7, 11) is 0. The number of nitrogens with one attached hydrogen (secondary N) is 1. The fourth-order valence-electron chi connectivity index (χ4n) is 8.08. The third-order valence-corrected chi connectivity index (χ3v) is 9.87. The van der Waals surface area contributed by atoms with Gasteiger partial charge in [0.1, 0.15) is 12.2 Å². The van der Waals surface area contributed by atoms with Crippen molar-refractivity contribution in [3.8, 4) is 0 Å². The van der Waals surface area contributed by atoms with Crippen LogP contribution in [0.2, 0.25) is 0 Å². The van der Waals surface area contributed by atoms with E-state index in [0.717, 1.165) is 37.8 Å². The normalized spacial score (nSPS) is 37.9. The summed E-state index contributed by atoms with van der Waals surface area (Å²) in [5, 5.41) is 3.15. The highest BCUT2D eigenvalue weighted by Gasteiger charge is 2.67. The van der Waals surface area contributed by atoms with Gasteiger partial charge in [-0.3, -0.25) is 9.59 Å². The van der Waals surface area contributed by atoms with Gasteiger partial charge in [-0.1, -0.05) is 50.3 Å². The summed E-state index contributed by atoms with van der Waals surface area (Å²) in [5.41, 5.74) is 0.267. The predicted molar refractivity (Wildman–Crippen MR) is 131 cm³/mol. The van der Waals surface area contributed by atoms with Crippen molar-refractivity contribution in [2.75, 3.05) is 13.2 Å². The van der Waals surface area contributed by atoms with Crippen molar-refractivity contribution in [2.45, 2.75) is 71.3 Å². The molecule has 35 heavy (non-hydrogen) atoms. The lowest BCUT2D eigenvalue weighted by Gasteiger charge is -2.58. The topological polar surface area (TPSA) is 81.7 Å². The molecule has 1 amide bonds. The van der Waals surface area contributed by atoms with Crippen LogP contribution < -0.4 is 5.32 Å². The molecule has 1 unspecified atom stereocenters. The summed E-state index contributed by atoms with van der Waals surface area (Å²) in [5.74, 6) is 0.873. The molecule has 1 heterocycles. The second-order valence-corrected chi connectivity index (χ2v) is 11.3. The first-order valence-corrected chi connectivity index (χ1v) is 13.1. The van der Waals surface area contributed by atoms with Gasteiger partial charge in [-0.2, -0.15) is 0 Å². The molecule has 4 aliphatic rings. The van der Waals surface area contributed by atoms with Crippen molar-refractivity contribution < 1.29 is 23.9 Å². The van der Waals surface area contributed by atoms with E-state index in [2.05, 4.69) is 25.2 Å². The SMILES string of the molecule is CCOC(=O)COC1(C(=O)c2ccccc2)CC[C@H]2[C@@H]3CC=C4NC(=O)CC[C@]4(C)[C@@H]3CC[C@@]21C. The van der Waals surface area contributed by atoms with Crippen molar-refractivity contribution in [1.29, 1.82) is 0 Å². The summed E-state index contributed by atoms with van der Waals surface area (Å²) >= 11 is 0. The minimum absolute atomic E-state index is 0.0194. The molecular formula is C29H37NO5. The monoisotopic (exact) mass is 479 g/mol. The summed E-state index contributed by atoms with van der Waals surface area (Å²) in [6.07, 6.45) is 7.93. The average molecular weight is 480 g/mol. The zero-order valence-corrected chi connectivity index (χ0v) is 21.1. The first-order chi connectivity index (χ1) is 16.7. The van der Waals surface area contributed by atoms with Gasteiger partial charge in [-0.05, 0) is 63.2 Å².